The number of hydrogen-bond donors (Lipinski definition) is 2. The van der Waals surface area contributed by atoms with Crippen molar-refractivity contribution in [3.05, 3.63) is 0 Å². The maximum Gasteiger partial charge on any atom is 0.191 e. The third kappa shape index (κ3) is 9.40. The number of nitrogens with zero attached hydrogens (tertiary/aromatic N) is 2. The van der Waals surface area contributed by atoms with Crippen LogP contribution in [0.5, 0.6) is 0 Å². The highest BCUT2D eigenvalue weighted by Crippen LogP contribution is 2.12. The van der Waals surface area contributed by atoms with E-state index < -0.39 is 0 Å². The van der Waals surface area contributed by atoms with Crippen molar-refractivity contribution < 1.29 is 9.47 Å². The Kier molecular flexibility index (Phi) is 12.8. The van der Waals surface area contributed by atoms with Crippen molar-refractivity contribution in [2.75, 3.05) is 52.5 Å². The molecule has 0 aromatic heterocycles. The van der Waals surface area contributed by atoms with Crippen molar-refractivity contribution in [2.45, 2.75) is 58.1 Å². The quantitative estimate of drug-likeness (QED) is 0.235. The summed E-state index contributed by atoms with van der Waals surface area (Å²) in [5, 5.41) is 6.93. The second kappa shape index (κ2) is 14.0. The van der Waals surface area contributed by atoms with Gasteiger partial charge in [-0.2, -0.15) is 0 Å². The van der Waals surface area contributed by atoms with Crippen LogP contribution >= 0.6 is 24.0 Å². The molecular weight excluding hydrogens is 431 g/mol. The summed E-state index contributed by atoms with van der Waals surface area (Å²) in [5.41, 5.74) is 0. The molecule has 6 nitrogen and oxygen atoms in total. The molecule has 148 valence electrons. The van der Waals surface area contributed by atoms with Gasteiger partial charge in [-0.1, -0.05) is 6.92 Å². The average Bonchev–Trinajstić information content (AvgIpc) is 3.10. The van der Waals surface area contributed by atoms with Crippen LogP contribution in [0.1, 0.15) is 46.0 Å². The van der Waals surface area contributed by atoms with Crippen LogP contribution in [0.3, 0.4) is 0 Å². The zero-order valence-electron chi connectivity index (χ0n) is 16.0. The molecule has 0 aromatic rings. The number of piperidine rings is 1. The van der Waals surface area contributed by atoms with E-state index in [-0.39, 0.29) is 24.0 Å². The summed E-state index contributed by atoms with van der Waals surface area (Å²) in [6.07, 6.45) is 6.23. The minimum absolute atomic E-state index is 0. The van der Waals surface area contributed by atoms with Gasteiger partial charge in [0.05, 0.1) is 25.9 Å². The van der Waals surface area contributed by atoms with E-state index >= 15 is 0 Å². The van der Waals surface area contributed by atoms with E-state index in [2.05, 4.69) is 34.4 Å². The minimum Gasteiger partial charge on any atom is -0.377 e. The van der Waals surface area contributed by atoms with Crippen molar-refractivity contribution in [3.8, 4) is 0 Å². The fourth-order valence-electron chi connectivity index (χ4n) is 3.34. The molecule has 0 saturated carbocycles. The maximum absolute atomic E-state index is 5.68. The van der Waals surface area contributed by atoms with E-state index in [0.717, 1.165) is 32.0 Å². The third-order valence-electron chi connectivity index (χ3n) is 4.65. The molecule has 0 spiro atoms. The van der Waals surface area contributed by atoms with Gasteiger partial charge < -0.3 is 25.0 Å². The van der Waals surface area contributed by atoms with Crippen molar-refractivity contribution in [1.82, 2.24) is 15.5 Å². The maximum atomic E-state index is 5.68. The zero-order chi connectivity index (χ0) is 17.0. The van der Waals surface area contributed by atoms with Crippen LogP contribution in [0.2, 0.25) is 0 Å². The summed E-state index contributed by atoms with van der Waals surface area (Å²) in [5.74, 6) is 0.923. The van der Waals surface area contributed by atoms with Crippen LogP contribution in [0.4, 0.5) is 0 Å². The van der Waals surface area contributed by atoms with Crippen molar-refractivity contribution in [1.29, 1.82) is 0 Å². The van der Waals surface area contributed by atoms with E-state index in [9.17, 15) is 0 Å². The van der Waals surface area contributed by atoms with E-state index in [0.29, 0.717) is 31.9 Å². The normalized spacial score (nSPS) is 22.6. The Morgan fingerprint density at radius 3 is 2.68 bits per heavy atom. The molecule has 2 fully saturated rings. The molecule has 1 unspecified atom stereocenters. The SMILES string of the molecule is CCCN1CCC(NC(=NCCOCC2CCCO2)NCC)CC1.I. The Labute approximate surface area is 170 Å². The van der Waals surface area contributed by atoms with Crippen LogP contribution < -0.4 is 10.6 Å². The van der Waals surface area contributed by atoms with Gasteiger partial charge >= 0.3 is 0 Å². The molecule has 2 aliphatic heterocycles. The van der Waals surface area contributed by atoms with E-state index in [1.165, 1.54) is 38.9 Å². The number of rotatable bonds is 9. The number of aliphatic imine (C=N–C) groups is 1. The second-order valence-electron chi connectivity index (χ2n) is 6.73. The van der Waals surface area contributed by atoms with Gasteiger partial charge in [0.25, 0.3) is 0 Å². The summed E-state index contributed by atoms with van der Waals surface area (Å²) >= 11 is 0. The number of halogens is 1. The molecular formula is C18H37IN4O2. The molecule has 2 rings (SSSR count). The van der Waals surface area contributed by atoms with Gasteiger partial charge in [-0.25, -0.2) is 0 Å². The highest BCUT2D eigenvalue weighted by Gasteiger charge is 2.19. The number of nitrogens with one attached hydrogen (secondary N) is 2. The molecule has 0 amide bonds. The van der Waals surface area contributed by atoms with Crippen LogP contribution in [-0.4, -0.2) is 75.5 Å². The summed E-state index contributed by atoms with van der Waals surface area (Å²) in [6.45, 7) is 11.8. The first-order valence-corrected chi connectivity index (χ1v) is 9.78. The Balaban J connectivity index is 0.00000312. The van der Waals surface area contributed by atoms with Gasteiger partial charge in [-0.15, -0.1) is 24.0 Å². The molecule has 2 heterocycles. The van der Waals surface area contributed by atoms with Gasteiger partial charge in [-0.05, 0) is 45.6 Å². The van der Waals surface area contributed by atoms with Gasteiger partial charge in [0.15, 0.2) is 5.96 Å². The molecule has 2 N–H and O–H groups in total. The van der Waals surface area contributed by atoms with Gasteiger partial charge in [0.2, 0.25) is 0 Å². The largest absolute Gasteiger partial charge is 0.377 e. The lowest BCUT2D eigenvalue weighted by molar-refractivity contribution is 0.0200. The predicted octanol–water partition coefficient (Wildman–Crippen LogP) is 2.23. The lowest BCUT2D eigenvalue weighted by Gasteiger charge is -2.32. The molecule has 0 aromatic carbocycles. The van der Waals surface area contributed by atoms with E-state index in [1.54, 1.807) is 0 Å². The fourth-order valence-corrected chi connectivity index (χ4v) is 3.34. The Bertz CT molecular complexity index is 357. The first-order valence-electron chi connectivity index (χ1n) is 9.78. The molecule has 0 bridgehead atoms. The lowest BCUT2D eigenvalue weighted by Crippen LogP contribution is -2.48. The summed E-state index contributed by atoms with van der Waals surface area (Å²) in [4.78, 5) is 7.20. The molecule has 7 heteroatoms. The number of hydrogen-bond acceptors (Lipinski definition) is 4. The zero-order valence-corrected chi connectivity index (χ0v) is 18.3. The van der Waals surface area contributed by atoms with Crippen molar-refractivity contribution in [2.24, 2.45) is 4.99 Å². The Morgan fingerprint density at radius 1 is 1.24 bits per heavy atom. The smallest absolute Gasteiger partial charge is 0.191 e. The first kappa shape index (κ1) is 22.9. The lowest BCUT2D eigenvalue weighted by atomic mass is 10.1. The molecule has 2 saturated heterocycles. The number of likely N-dealkylation sites (tertiary alicyclic amines) is 1. The first-order chi connectivity index (χ1) is 11.8. The minimum atomic E-state index is 0. The number of ether oxygens (including phenoxy) is 2. The predicted molar refractivity (Wildman–Crippen MR) is 114 cm³/mol. The Hall–Kier alpha value is -0.120. The highest BCUT2D eigenvalue weighted by molar-refractivity contribution is 14.0. The Morgan fingerprint density at radius 2 is 2.04 bits per heavy atom. The number of guanidine groups is 1. The van der Waals surface area contributed by atoms with Crippen LogP contribution in [0.25, 0.3) is 0 Å². The van der Waals surface area contributed by atoms with Crippen molar-refractivity contribution in [3.63, 3.8) is 0 Å². The summed E-state index contributed by atoms with van der Waals surface area (Å²) < 4.78 is 11.2. The standard InChI is InChI=1S/C18H36N4O2.HI/c1-3-10-22-11-7-16(8-12-22)21-18(19-4-2)20-9-14-23-15-17-6-5-13-24-17;/h16-17H,3-15H2,1-2H3,(H2,19,20,21);1H. The van der Waals surface area contributed by atoms with Crippen LogP contribution in [0.15, 0.2) is 4.99 Å². The topological polar surface area (TPSA) is 58.1 Å². The van der Waals surface area contributed by atoms with Gasteiger partial charge in [0, 0.05) is 32.3 Å². The second-order valence-corrected chi connectivity index (χ2v) is 6.73. The molecule has 2 aliphatic rings. The van der Waals surface area contributed by atoms with E-state index in [4.69, 9.17) is 9.47 Å². The third-order valence-corrected chi connectivity index (χ3v) is 4.65. The monoisotopic (exact) mass is 468 g/mol. The van der Waals surface area contributed by atoms with Gasteiger partial charge in [-0.3, -0.25) is 4.99 Å². The van der Waals surface area contributed by atoms with Gasteiger partial charge in [0.1, 0.15) is 0 Å². The highest BCUT2D eigenvalue weighted by atomic mass is 127. The van der Waals surface area contributed by atoms with Crippen LogP contribution in [0, 0.1) is 0 Å². The molecule has 0 aliphatic carbocycles. The van der Waals surface area contributed by atoms with Crippen molar-refractivity contribution >= 4 is 29.9 Å². The summed E-state index contributed by atoms with van der Waals surface area (Å²) in [6, 6.07) is 0.531. The molecule has 0 radical (unpaired) electrons. The molecule has 25 heavy (non-hydrogen) atoms. The molecule has 1 atom stereocenters. The van der Waals surface area contributed by atoms with Crippen LogP contribution in [-0.2, 0) is 9.47 Å². The fraction of sp³-hybridized carbons (Fsp3) is 0.944. The van der Waals surface area contributed by atoms with E-state index in [1.807, 2.05) is 0 Å². The average molecular weight is 468 g/mol. The summed E-state index contributed by atoms with van der Waals surface area (Å²) in [7, 11) is 0.